The zero-order valence-electron chi connectivity index (χ0n) is 11.1. The van der Waals surface area contributed by atoms with E-state index in [-0.39, 0.29) is 21.1 Å². The Kier molecular flexibility index (Phi) is 3.90. The summed E-state index contributed by atoms with van der Waals surface area (Å²) in [7, 11) is -3.73. The van der Waals surface area contributed by atoms with Crippen LogP contribution in [-0.2, 0) is 9.84 Å². The Labute approximate surface area is 121 Å². The number of hydrogen-bond donors (Lipinski definition) is 1. The van der Waals surface area contributed by atoms with Crippen LogP contribution >= 0.6 is 0 Å². The fourth-order valence-electron chi connectivity index (χ4n) is 1.78. The van der Waals surface area contributed by atoms with Crippen molar-refractivity contribution in [3.8, 4) is 0 Å². The second-order valence-corrected chi connectivity index (χ2v) is 6.36. The molecule has 108 valence electrons. The van der Waals surface area contributed by atoms with Gasteiger partial charge in [-0.1, -0.05) is 12.1 Å². The molecule has 21 heavy (non-hydrogen) atoms. The zero-order chi connectivity index (χ0) is 15.6. The first kappa shape index (κ1) is 14.9. The number of Topliss-reactive ketones (excluding diaryl/α,β-unsaturated/α-hetero) is 1. The predicted octanol–water partition coefficient (Wildman–Crippen LogP) is 2.42. The average molecular weight is 304 g/mol. The van der Waals surface area contributed by atoms with Crippen LogP contribution in [-0.4, -0.2) is 25.3 Å². The largest absolute Gasteiger partial charge is 0.478 e. The van der Waals surface area contributed by atoms with Crippen molar-refractivity contribution in [3.63, 3.8) is 0 Å². The van der Waals surface area contributed by atoms with Crippen molar-refractivity contribution in [2.24, 2.45) is 0 Å². The highest BCUT2D eigenvalue weighted by molar-refractivity contribution is 7.91. The first-order chi connectivity index (χ1) is 9.82. The molecule has 0 spiro atoms. The summed E-state index contributed by atoms with van der Waals surface area (Å²) in [6.45, 7) is 1.40. The Balaban J connectivity index is 2.41. The molecule has 0 bridgehead atoms. The van der Waals surface area contributed by atoms with Gasteiger partial charge in [-0.05, 0) is 43.3 Å². The summed E-state index contributed by atoms with van der Waals surface area (Å²) in [5.74, 6) is -1.27. The van der Waals surface area contributed by atoms with E-state index >= 15 is 0 Å². The summed E-state index contributed by atoms with van der Waals surface area (Å²) in [5, 5.41) is 8.80. The molecular formula is C15H12O5S. The van der Waals surface area contributed by atoms with Crippen LogP contribution in [0.3, 0.4) is 0 Å². The maximum atomic E-state index is 12.4. The van der Waals surface area contributed by atoms with Gasteiger partial charge in [-0.2, -0.15) is 0 Å². The van der Waals surface area contributed by atoms with Gasteiger partial charge in [-0.15, -0.1) is 0 Å². The fraction of sp³-hybridized carbons (Fsp3) is 0.0667. The van der Waals surface area contributed by atoms with Crippen LogP contribution in [0.15, 0.2) is 58.3 Å². The van der Waals surface area contributed by atoms with Crippen molar-refractivity contribution in [2.45, 2.75) is 16.7 Å². The van der Waals surface area contributed by atoms with E-state index in [2.05, 4.69) is 0 Å². The third kappa shape index (κ3) is 3.00. The summed E-state index contributed by atoms with van der Waals surface area (Å²) < 4.78 is 24.7. The lowest BCUT2D eigenvalue weighted by Crippen LogP contribution is -2.04. The lowest BCUT2D eigenvalue weighted by Gasteiger charge is -2.05. The Morgan fingerprint density at radius 2 is 1.19 bits per heavy atom. The topological polar surface area (TPSA) is 88.5 Å². The molecule has 0 aliphatic carbocycles. The van der Waals surface area contributed by atoms with E-state index in [1.54, 1.807) is 0 Å². The Bertz CT molecular complexity index is 723. The normalized spacial score (nSPS) is 11.1. The standard InChI is InChI=1S/C15H12O5S/c1-10(16)11-2-6-13(7-3-11)21(19,20)14-8-4-12(5-9-14)15(17)18/h2-9H,1H3,(H,17,18). The molecule has 0 fully saturated rings. The number of rotatable bonds is 4. The predicted molar refractivity (Wildman–Crippen MR) is 75.3 cm³/mol. The number of carbonyl (C=O) groups excluding carboxylic acids is 1. The first-order valence-corrected chi connectivity index (χ1v) is 7.50. The number of carboxylic acids is 1. The highest BCUT2D eigenvalue weighted by Crippen LogP contribution is 2.21. The van der Waals surface area contributed by atoms with Gasteiger partial charge in [0.2, 0.25) is 9.84 Å². The highest BCUT2D eigenvalue weighted by atomic mass is 32.2. The molecule has 1 N–H and O–H groups in total. The molecule has 6 heteroatoms. The molecule has 0 saturated heterocycles. The SMILES string of the molecule is CC(=O)c1ccc(S(=O)(=O)c2ccc(C(=O)O)cc2)cc1. The third-order valence-corrected chi connectivity index (χ3v) is 4.77. The second kappa shape index (κ2) is 5.49. The molecule has 0 radical (unpaired) electrons. The number of hydrogen-bond acceptors (Lipinski definition) is 4. The van der Waals surface area contributed by atoms with E-state index in [1.165, 1.54) is 55.5 Å². The van der Waals surface area contributed by atoms with Crippen molar-refractivity contribution in [1.82, 2.24) is 0 Å². The van der Waals surface area contributed by atoms with Crippen molar-refractivity contribution in [3.05, 3.63) is 59.7 Å². The average Bonchev–Trinajstić information content (AvgIpc) is 2.47. The summed E-state index contributed by atoms with van der Waals surface area (Å²) in [5.41, 5.74) is 0.441. The molecule has 0 aliphatic rings. The minimum Gasteiger partial charge on any atom is -0.478 e. The van der Waals surface area contributed by atoms with E-state index in [1.807, 2.05) is 0 Å². The van der Waals surface area contributed by atoms with Crippen molar-refractivity contribution >= 4 is 21.6 Å². The molecule has 2 aromatic rings. The maximum Gasteiger partial charge on any atom is 0.335 e. The monoisotopic (exact) mass is 304 g/mol. The van der Waals surface area contributed by atoms with Gasteiger partial charge in [-0.25, -0.2) is 13.2 Å². The molecule has 0 saturated carbocycles. The molecule has 0 heterocycles. The Morgan fingerprint density at radius 3 is 1.52 bits per heavy atom. The van der Waals surface area contributed by atoms with E-state index in [9.17, 15) is 18.0 Å². The maximum absolute atomic E-state index is 12.4. The second-order valence-electron chi connectivity index (χ2n) is 4.41. The summed E-state index contributed by atoms with van der Waals surface area (Å²) >= 11 is 0. The highest BCUT2D eigenvalue weighted by Gasteiger charge is 2.18. The molecule has 2 rings (SSSR count). The lowest BCUT2D eigenvalue weighted by molar-refractivity contribution is 0.0696. The number of carboxylic acid groups (broad SMARTS) is 1. The van der Waals surface area contributed by atoms with E-state index in [4.69, 9.17) is 5.11 Å². The van der Waals surface area contributed by atoms with E-state index < -0.39 is 15.8 Å². The Morgan fingerprint density at radius 1 is 0.810 bits per heavy atom. The van der Waals surface area contributed by atoms with Gasteiger partial charge in [0.1, 0.15) is 0 Å². The van der Waals surface area contributed by atoms with Crippen LogP contribution in [0, 0.1) is 0 Å². The van der Waals surface area contributed by atoms with Crippen molar-refractivity contribution in [2.75, 3.05) is 0 Å². The van der Waals surface area contributed by atoms with Crippen LogP contribution in [0.25, 0.3) is 0 Å². The van der Waals surface area contributed by atoms with Crippen LogP contribution in [0.4, 0.5) is 0 Å². The van der Waals surface area contributed by atoms with Gasteiger partial charge < -0.3 is 5.11 Å². The number of carbonyl (C=O) groups is 2. The number of sulfone groups is 1. The minimum absolute atomic E-state index is 0.00285. The molecule has 0 aliphatic heterocycles. The van der Waals surface area contributed by atoms with Gasteiger partial charge in [0.05, 0.1) is 15.4 Å². The first-order valence-electron chi connectivity index (χ1n) is 6.02. The van der Waals surface area contributed by atoms with Gasteiger partial charge in [-0.3, -0.25) is 4.79 Å². The summed E-state index contributed by atoms with van der Waals surface area (Å²) in [6, 6.07) is 10.6. The zero-order valence-corrected chi connectivity index (χ0v) is 11.9. The summed E-state index contributed by atoms with van der Waals surface area (Å²) in [6.07, 6.45) is 0. The molecule has 0 amide bonds. The van der Waals surface area contributed by atoms with E-state index in [0.29, 0.717) is 5.56 Å². The number of benzene rings is 2. The third-order valence-electron chi connectivity index (χ3n) is 2.98. The quantitative estimate of drug-likeness (QED) is 0.876. The van der Waals surface area contributed by atoms with Gasteiger partial charge in [0.15, 0.2) is 5.78 Å². The van der Waals surface area contributed by atoms with Crippen molar-refractivity contribution in [1.29, 1.82) is 0 Å². The minimum atomic E-state index is -3.73. The molecule has 0 aromatic heterocycles. The molecule has 5 nitrogen and oxygen atoms in total. The number of ketones is 1. The smallest absolute Gasteiger partial charge is 0.335 e. The van der Waals surface area contributed by atoms with Crippen LogP contribution in [0.1, 0.15) is 27.6 Å². The fourth-order valence-corrected chi connectivity index (χ4v) is 3.04. The number of aromatic carboxylic acids is 1. The van der Waals surface area contributed by atoms with Gasteiger partial charge >= 0.3 is 5.97 Å². The van der Waals surface area contributed by atoms with Gasteiger partial charge in [0.25, 0.3) is 0 Å². The molecule has 2 aromatic carbocycles. The molecule has 0 unspecified atom stereocenters. The van der Waals surface area contributed by atoms with Gasteiger partial charge in [0, 0.05) is 5.56 Å². The van der Waals surface area contributed by atoms with Crippen LogP contribution < -0.4 is 0 Å². The molecule has 0 atom stereocenters. The van der Waals surface area contributed by atoms with E-state index in [0.717, 1.165) is 0 Å². The summed E-state index contributed by atoms with van der Waals surface area (Å²) in [4.78, 5) is 22.0. The van der Waals surface area contributed by atoms with Crippen molar-refractivity contribution < 1.29 is 23.1 Å². The Hall–Kier alpha value is -2.47. The molecular weight excluding hydrogens is 292 g/mol. The van der Waals surface area contributed by atoms with Crippen LogP contribution in [0.2, 0.25) is 0 Å². The van der Waals surface area contributed by atoms with Crippen LogP contribution in [0.5, 0.6) is 0 Å². The lowest BCUT2D eigenvalue weighted by atomic mass is 10.2.